The van der Waals surface area contributed by atoms with Crippen LogP contribution in [0, 0.1) is 12.9 Å². The number of hydrogen-bond donors (Lipinski definition) is 1. The number of aryl methyl sites for hydroxylation is 1. The van der Waals surface area contributed by atoms with Crippen molar-refractivity contribution in [2.75, 3.05) is 5.32 Å². The van der Waals surface area contributed by atoms with E-state index in [0.717, 1.165) is 0 Å². The fourth-order valence-electron chi connectivity index (χ4n) is 1.42. The molecular formula is C12H12FN3. The SMILES string of the molecule is Cc1ccccc1CNc1cc(F)ncn1. The normalized spacial score (nSPS) is 10.1. The second-order valence-electron chi connectivity index (χ2n) is 3.51. The van der Waals surface area contributed by atoms with E-state index in [0.29, 0.717) is 12.4 Å². The third-order valence-electron chi connectivity index (χ3n) is 2.35. The predicted octanol–water partition coefficient (Wildman–Crippen LogP) is 2.54. The Labute approximate surface area is 93.4 Å². The van der Waals surface area contributed by atoms with Crippen molar-refractivity contribution in [3.05, 3.63) is 53.7 Å². The summed E-state index contributed by atoms with van der Waals surface area (Å²) >= 11 is 0. The van der Waals surface area contributed by atoms with E-state index < -0.39 is 5.95 Å². The zero-order valence-electron chi connectivity index (χ0n) is 8.94. The fraction of sp³-hybridized carbons (Fsp3) is 0.167. The molecule has 0 aliphatic rings. The second-order valence-corrected chi connectivity index (χ2v) is 3.51. The summed E-state index contributed by atoms with van der Waals surface area (Å²) in [6, 6.07) is 9.31. The van der Waals surface area contributed by atoms with Gasteiger partial charge in [0.25, 0.3) is 0 Å². The quantitative estimate of drug-likeness (QED) is 0.803. The number of benzene rings is 1. The van der Waals surface area contributed by atoms with Crippen LogP contribution in [0.25, 0.3) is 0 Å². The van der Waals surface area contributed by atoms with E-state index in [9.17, 15) is 4.39 Å². The topological polar surface area (TPSA) is 37.8 Å². The van der Waals surface area contributed by atoms with Crippen LogP contribution in [0.2, 0.25) is 0 Å². The van der Waals surface area contributed by atoms with Gasteiger partial charge in [-0.25, -0.2) is 9.97 Å². The summed E-state index contributed by atoms with van der Waals surface area (Å²) < 4.78 is 12.8. The van der Waals surface area contributed by atoms with Gasteiger partial charge in [-0.15, -0.1) is 0 Å². The summed E-state index contributed by atoms with van der Waals surface area (Å²) in [5.41, 5.74) is 2.37. The molecule has 0 aliphatic heterocycles. The first-order chi connectivity index (χ1) is 7.75. The van der Waals surface area contributed by atoms with Gasteiger partial charge in [-0.05, 0) is 18.1 Å². The van der Waals surface area contributed by atoms with Crippen LogP contribution in [-0.2, 0) is 6.54 Å². The van der Waals surface area contributed by atoms with Crippen molar-refractivity contribution < 1.29 is 4.39 Å². The van der Waals surface area contributed by atoms with E-state index in [-0.39, 0.29) is 0 Å². The first kappa shape index (κ1) is 10.5. The third-order valence-corrected chi connectivity index (χ3v) is 2.35. The van der Waals surface area contributed by atoms with Crippen LogP contribution in [0.1, 0.15) is 11.1 Å². The Morgan fingerprint density at radius 2 is 2.06 bits per heavy atom. The molecule has 3 nitrogen and oxygen atoms in total. The van der Waals surface area contributed by atoms with Crippen LogP contribution in [-0.4, -0.2) is 9.97 Å². The minimum Gasteiger partial charge on any atom is -0.366 e. The summed E-state index contributed by atoms with van der Waals surface area (Å²) in [5.74, 6) is -0.0296. The minimum absolute atomic E-state index is 0.496. The summed E-state index contributed by atoms with van der Waals surface area (Å²) in [7, 11) is 0. The number of rotatable bonds is 3. The highest BCUT2D eigenvalue weighted by atomic mass is 19.1. The first-order valence-corrected chi connectivity index (χ1v) is 5.01. The van der Waals surface area contributed by atoms with E-state index in [2.05, 4.69) is 15.3 Å². The van der Waals surface area contributed by atoms with Crippen molar-refractivity contribution in [1.29, 1.82) is 0 Å². The smallest absolute Gasteiger partial charge is 0.217 e. The number of hydrogen-bond acceptors (Lipinski definition) is 3. The molecule has 2 rings (SSSR count). The van der Waals surface area contributed by atoms with Gasteiger partial charge < -0.3 is 5.32 Å². The molecule has 0 saturated heterocycles. The monoisotopic (exact) mass is 217 g/mol. The highest BCUT2D eigenvalue weighted by molar-refractivity contribution is 5.35. The minimum atomic E-state index is -0.526. The van der Waals surface area contributed by atoms with Crippen molar-refractivity contribution in [2.45, 2.75) is 13.5 Å². The average molecular weight is 217 g/mol. The molecule has 0 saturated carbocycles. The Bertz CT molecular complexity index is 485. The van der Waals surface area contributed by atoms with Crippen LogP contribution in [0.4, 0.5) is 10.2 Å². The number of nitrogens with one attached hydrogen (secondary N) is 1. The van der Waals surface area contributed by atoms with E-state index in [4.69, 9.17) is 0 Å². The van der Waals surface area contributed by atoms with Crippen molar-refractivity contribution in [1.82, 2.24) is 9.97 Å². The maximum absolute atomic E-state index is 12.8. The lowest BCUT2D eigenvalue weighted by Crippen LogP contribution is -2.03. The second kappa shape index (κ2) is 4.70. The molecule has 0 radical (unpaired) electrons. The number of nitrogens with zero attached hydrogens (tertiary/aromatic N) is 2. The molecule has 82 valence electrons. The van der Waals surface area contributed by atoms with Gasteiger partial charge in [-0.2, -0.15) is 4.39 Å². The third kappa shape index (κ3) is 2.53. The molecule has 0 bridgehead atoms. The van der Waals surface area contributed by atoms with Gasteiger partial charge in [-0.1, -0.05) is 24.3 Å². The Morgan fingerprint density at radius 1 is 1.25 bits per heavy atom. The molecule has 16 heavy (non-hydrogen) atoms. The number of halogens is 1. The molecule has 0 unspecified atom stereocenters. The largest absolute Gasteiger partial charge is 0.366 e. The fourth-order valence-corrected chi connectivity index (χ4v) is 1.42. The van der Waals surface area contributed by atoms with E-state index in [1.165, 1.54) is 23.5 Å². The van der Waals surface area contributed by atoms with Gasteiger partial charge in [0, 0.05) is 12.6 Å². The van der Waals surface area contributed by atoms with Gasteiger partial charge in [0.15, 0.2) is 0 Å². The molecule has 1 N–H and O–H groups in total. The zero-order chi connectivity index (χ0) is 11.4. The Morgan fingerprint density at radius 3 is 2.81 bits per heavy atom. The summed E-state index contributed by atoms with van der Waals surface area (Å²) in [5, 5.41) is 3.05. The Balaban J connectivity index is 2.05. The van der Waals surface area contributed by atoms with Gasteiger partial charge in [0.2, 0.25) is 5.95 Å². The van der Waals surface area contributed by atoms with Crippen molar-refractivity contribution in [3.8, 4) is 0 Å². The summed E-state index contributed by atoms with van der Waals surface area (Å²) in [6.07, 6.45) is 1.20. The molecule has 1 aromatic carbocycles. The van der Waals surface area contributed by atoms with Crippen LogP contribution >= 0.6 is 0 Å². The molecule has 1 heterocycles. The molecule has 0 aliphatic carbocycles. The maximum atomic E-state index is 12.8. The standard InChI is InChI=1S/C12H12FN3/c1-9-4-2-3-5-10(9)7-14-12-6-11(13)15-8-16-12/h2-6,8H,7H2,1H3,(H,14,15,16). The van der Waals surface area contributed by atoms with Crippen LogP contribution in [0.5, 0.6) is 0 Å². The molecule has 0 atom stereocenters. The molecule has 1 aromatic heterocycles. The van der Waals surface area contributed by atoms with E-state index in [1.807, 2.05) is 31.2 Å². The van der Waals surface area contributed by atoms with Gasteiger partial charge in [-0.3, -0.25) is 0 Å². The lowest BCUT2D eigenvalue weighted by molar-refractivity contribution is 0.580. The van der Waals surface area contributed by atoms with Crippen LogP contribution in [0.15, 0.2) is 36.7 Å². The number of anilines is 1. The Kier molecular flexibility index (Phi) is 3.10. The highest BCUT2D eigenvalue weighted by Crippen LogP contribution is 2.10. The molecule has 0 spiro atoms. The molecule has 4 heteroatoms. The molecule has 0 fully saturated rings. The van der Waals surface area contributed by atoms with Gasteiger partial charge in [0.05, 0.1) is 0 Å². The first-order valence-electron chi connectivity index (χ1n) is 5.01. The predicted molar refractivity (Wildman–Crippen MR) is 60.5 cm³/mol. The molecule has 2 aromatic rings. The molecule has 0 amide bonds. The lowest BCUT2D eigenvalue weighted by atomic mass is 10.1. The maximum Gasteiger partial charge on any atom is 0.217 e. The van der Waals surface area contributed by atoms with Crippen LogP contribution < -0.4 is 5.32 Å². The van der Waals surface area contributed by atoms with E-state index in [1.54, 1.807) is 0 Å². The van der Waals surface area contributed by atoms with Gasteiger partial charge in [0.1, 0.15) is 12.1 Å². The number of aromatic nitrogens is 2. The zero-order valence-corrected chi connectivity index (χ0v) is 8.94. The van der Waals surface area contributed by atoms with Gasteiger partial charge >= 0.3 is 0 Å². The van der Waals surface area contributed by atoms with Crippen LogP contribution in [0.3, 0.4) is 0 Å². The lowest BCUT2D eigenvalue weighted by Gasteiger charge is -2.07. The molecular weight excluding hydrogens is 205 g/mol. The summed E-state index contributed by atoms with van der Waals surface area (Å²) in [4.78, 5) is 7.32. The summed E-state index contributed by atoms with van der Waals surface area (Å²) in [6.45, 7) is 2.67. The van der Waals surface area contributed by atoms with Crippen molar-refractivity contribution in [2.24, 2.45) is 0 Å². The Hall–Kier alpha value is -1.97. The van der Waals surface area contributed by atoms with Crippen molar-refractivity contribution >= 4 is 5.82 Å². The average Bonchev–Trinajstić information content (AvgIpc) is 2.28. The van der Waals surface area contributed by atoms with Crippen molar-refractivity contribution in [3.63, 3.8) is 0 Å². The highest BCUT2D eigenvalue weighted by Gasteiger charge is 1.99. The van der Waals surface area contributed by atoms with E-state index >= 15 is 0 Å².